The number of nitrogens with zero attached hydrogens (tertiary/aromatic N) is 3. The van der Waals surface area contributed by atoms with E-state index in [0.29, 0.717) is 28.0 Å². The van der Waals surface area contributed by atoms with E-state index in [2.05, 4.69) is 9.93 Å². The Morgan fingerprint density at radius 3 is 2.55 bits per heavy atom. The van der Waals surface area contributed by atoms with E-state index in [0.717, 1.165) is 0 Å². The van der Waals surface area contributed by atoms with Crippen LogP contribution in [0.2, 0.25) is 0 Å². The molecule has 0 saturated heterocycles. The smallest absolute Gasteiger partial charge is 0.207 e. The van der Waals surface area contributed by atoms with Gasteiger partial charge >= 0.3 is 0 Å². The quantitative estimate of drug-likeness (QED) is 0.805. The second kappa shape index (κ2) is 5.24. The highest BCUT2D eigenvalue weighted by atomic mass is 32.2. The summed E-state index contributed by atoms with van der Waals surface area (Å²) in [4.78, 5) is 3.39. The summed E-state index contributed by atoms with van der Waals surface area (Å²) >= 11 is 0. The number of rotatable bonds is 1. The zero-order chi connectivity index (χ0) is 15.7. The van der Waals surface area contributed by atoms with Gasteiger partial charge in [0.15, 0.2) is 0 Å². The van der Waals surface area contributed by atoms with Crippen LogP contribution in [0.15, 0.2) is 47.6 Å². The van der Waals surface area contributed by atoms with Crippen molar-refractivity contribution in [2.75, 3.05) is 0 Å². The van der Waals surface area contributed by atoms with Gasteiger partial charge in [-0.15, -0.1) is 5.10 Å². The molecule has 0 saturated carbocycles. The minimum Gasteiger partial charge on any atom is -0.207 e. The molecule has 1 aliphatic heterocycles. The third-order valence-electron chi connectivity index (χ3n) is 3.21. The van der Waals surface area contributed by atoms with Crippen LogP contribution in [0.25, 0.3) is 0 Å². The van der Waals surface area contributed by atoms with Gasteiger partial charge in [0, 0.05) is 11.1 Å². The third kappa shape index (κ3) is 2.69. The Balaban J connectivity index is 2.21. The molecule has 1 aliphatic rings. The molecule has 0 aromatic heterocycles. The molecule has 109 valence electrons. The fraction of sp³-hybridized carbons (Fsp3) is 0.0667. The first-order valence-electron chi connectivity index (χ1n) is 6.30. The standard InChI is InChI=1S/C15H9FN3O2S/c16-13-4-2-11(3-5-13)15-14-6-1-10(8-17)7-12(14)9-22(20,21)19-18-15/h1-7H,9H2. The number of sulfonamides is 1. The topological polar surface area (TPSA) is 84.4 Å². The average Bonchev–Trinajstić information content (AvgIpc) is 2.62. The maximum Gasteiger partial charge on any atom is 0.274 e. The lowest BCUT2D eigenvalue weighted by molar-refractivity contribution is 0.583. The van der Waals surface area contributed by atoms with Gasteiger partial charge in [-0.25, -0.2) is 12.8 Å². The summed E-state index contributed by atoms with van der Waals surface area (Å²) in [6.07, 6.45) is 0. The molecule has 2 aromatic carbocycles. The van der Waals surface area contributed by atoms with Crippen molar-refractivity contribution in [3.63, 3.8) is 0 Å². The van der Waals surface area contributed by atoms with E-state index < -0.39 is 15.8 Å². The molecule has 7 heteroatoms. The van der Waals surface area contributed by atoms with Crippen molar-refractivity contribution in [2.45, 2.75) is 5.75 Å². The van der Waals surface area contributed by atoms with Gasteiger partial charge < -0.3 is 0 Å². The van der Waals surface area contributed by atoms with Gasteiger partial charge in [0.2, 0.25) is 0 Å². The number of hydrogen-bond donors (Lipinski definition) is 0. The Hall–Kier alpha value is -2.72. The van der Waals surface area contributed by atoms with Crippen LogP contribution in [0.4, 0.5) is 4.39 Å². The van der Waals surface area contributed by atoms with Gasteiger partial charge in [0.05, 0.1) is 17.4 Å². The summed E-state index contributed by atoms with van der Waals surface area (Å²) in [5.74, 6) is -0.728. The Morgan fingerprint density at radius 2 is 1.86 bits per heavy atom. The molecule has 0 bridgehead atoms. The fourth-order valence-corrected chi connectivity index (χ4v) is 3.11. The highest BCUT2D eigenvalue weighted by Crippen LogP contribution is 2.22. The average molecular weight is 314 g/mol. The zero-order valence-corrected chi connectivity index (χ0v) is 12.0. The molecule has 1 heterocycles. The van der Waals surface area contributed by atoms with Gasteiger partial charge in [0.25, 0.3) is 10.0 Å². The van der Waals surface area contributed by atoms with Crippen LogP contribution in [0.1, 0.15) is 22.3 Å². The molecule has 0 spiro atoms. The molecule has 22 heavy (non-hydrogen) atoms. The SMILES string of the molecule is N#Cc1ccc2c(c1)CS(=O)(=O)[N]N=C2c1ccc(F)cc1. The number of nitriles is 1. The summed E-state index contributed by atoms with van der Waals surface area (Å²) in [5.41, 5.74) is 2.25. The van der Waals surface area contributed by atoms with Gasteiger partial charge in [-0.2, -0.15) is 5.26 Å². The van der Waals surface area contributed by atoms with Crippen molar-refractivity contribution in [2.24, 2.45) is 5.10 Å². The van der Waals surface area contributed by atoms with Crippen molar-refractivity contribution in [1.29, 1.82) is 5.26 Å². The molecular formula is C15H9FN3O2S. The van der Waals surface area contributed by atoms with E-state index in [1.54, 1.807) is 12.1 Å². The van der Waals surface area contributed by atoms with Gasteiger partial charge in [-0.05, 0) is 42.0 Å². The number of halogens is 1. The molecule has 0 amide bonds. The Morgan fingerprint density at radius 1 is 1.14 bits per heavy atom. The first kappa shape index (κ1) is 14.2. The van der Waals surface area contributed by atoms with E-state index in [1.807, 2.05) is 6.07 Å². The van der Waals surface area contributed by atoms with Gasteiger partial charge in [-0.1, -0.05) is 10.9 Å². The maximum absolute atomic E-state index is 13.1. The molecule has 0 N–H and O–H groups in total. The number of benzene rings is 2. The van der Waals surface area contributed by atoms with Crippen molar-refractivity contribution in [3.8, 4) is 6.07 Å². The van der Waals surface area contributed by atoms with Crippen LogP contribution in [0.5, 0.6) is 0 Å². The molecule has 3 rings (SSSR count). The van der Waals surface area contributed by atoms with Crippen LogP contribution < -0.4 is 4.83 Å². The first-order valence-corrected chi connectivity index (χ1v) is 7.91. The molecule has 1 radical (unpaired) electrons. The van der Waals surface area contributed by atoms with E-state index in [1.165, 1.54) is 30.3 Å². The fourth-order valence-electron chi connectivity index (χ4n) is 2.22. The summed E-state index contributed by atoms with van der Waals surface area (Å²) < 4.78 is 36.8. The predicted octanol–water partition coefficient (Wildman–Crippen LogP) is 1.90. The van der Waals surface area contributed by atoms with Crippen molar-refractivity contribution in [3.05, 3.63) is 70.5 Å². The number of hydrogen-bond acceptors (Lipinski definition) is 4. The molecule has 0 atom stereocenters. The normalized spacial score (nSPS) is 15.7. The Kier molecular flexibility index (Phi) is 3.39. The second-order valence-electron chi connectivity index (χ2n) is 4.75. The maximum atomic E-state index is 13.1. The minimum absolute atomic E-state index is 0.327. The second-order valence-corrected chi connectivity index (χ2v) is 6.36. The van der Waals surface area contributed by atoms with E-state index >= 15 is 0 Å². The summed E-state index contributed by atoms with van der Waals surface area (Å²) in [6, 6.07) is 12.2. The predicted molar refractivity (Wildman–Crippen MR) is 78.0 cm³/mol. The van der Waals surface area contributed by atoms with Crippen LogP contribution >= 0.6 is 0 Å². The highest BCUT2D eigenvalue weighted by Gasteiger charge is 2.24. The van der Waals surface area contributed by atoms with Crippen LogP contribution in [0.3, 0.4) is 0 Å². The van der Waals surface area contributed by atoms with Crippen molar-refractivity contribution >= 4 is 15.7 Å². The lowest BCUT2D eigenvalue weighted by atomic mass is 9.96. The Bertz CT molecular complexity index is 913. The first-order chi connectivity index (χ1) is 10.5. The molecular weight excluding hydrogens is 305 g/mol. The van der Waals surface area contributed by atoms with Gasteiger partial charge in [0.1, 0.15) is 11.5 Å². The highest BCUT2D eigenvalue weighted by molar-refractivity contribution is 7.88. The van der Waals surface area contributed by atoms with Crippen LogP contribution in [-0.2, 0) is 15.8 Å². The number of fused-ring (bicyclic) bond motifs is 1. The van der Waals surface area contributed by atoms with Crippen LogP contribution in [-0.4, -0.2) is 14.1 Å². The summed E-state index contributed by atoms with van der Waals surface area (Å²) in [7, 11) is -3.75. The molecule has 0 aliphatic carbocycles. The van der Waals surface area contributed by atoms with Crippen molar-refractivity contribution < 1.29 is 12.8 Å². The summed E-state index contributed by atoms with van der Waals surface area (Å²) in [5, 5.41) is 12.8. The lowest BCUT2D eigenvalue weighted by Gasteiger charge is -2.08. The van der Waals surface area contributed by atoms with Gasteiger partial charge in [-0.3, -0.25) is 0 Å². The lowest BCUT2D eigenvalue weighted by Crippen LogP contribution is -2.12. The van der Waals surface area contributed by atoms with E-state index in [9.17, 15) is 12.8 Å². The minimum atomic E-state index is -3.75. The molecule has 0 fully saturated rings. The van der Waals surface area contributed by atoms with Crippen LogP contribution in [0, 0.1) is 17.1 Å². The summed E-state index contributed by atoms with van der Waals surface area (Å²) in [6.45, 7) is 0. The zero-order valence-electron chi connectivity index (χ0n) is 11.2. The molecule has 0 unspecified atom stereocenters. The molecule has 2 aromatic rings. The van der Waals surface area contributed by atoms with Crippen molar-refractivity contribution in [1.82, 2.24) is 4.83 Å². The van der Waals surface area contributed by atoms with E-state index in [4.69, 9.17) is 5.26 Å². The largest absolute Gasteiger partial charge is 0.274 e. The Labute approximate surface area is 126 Å². The van der Waals surface area contributed by atoms with E-state index in [-0.39, 0.29) is 5.75 Å². The molecule has 5 nitrogen and oxygen atoms in total. The third-order valence-corrected chi connectivity index (χ3v) is 4.22. The monoisotopic (exact) mass is 314 g/mol.